The maximum absolute atomic E-state index is 12.5. The molecule has 2 aromatic rings. The molecule has 1 aliphatic heterocycles. The number of rotatable bonds is 3. The Labute approximate surface area is 147 Å². The van der Waals surface area contributed by atoms with Crippen LogP contribution in [0.4, 0.5) is 4.79 Å². The van der Waals surface area contributed by atoms with Crippen LogP contribution >= 0.6 is 0 Å². The van der Waals surface area contributed by atoms with Gasteiger partial charge in [0.15, 0.2) is 0 Å². The van der Waals surface area contributed by atoms with Crippen LogP contribution in [-0.2, 0) is 16.8 Å². The van der Waals surface area contributed by atoms with Gasteiger partial charge in [-0.25, -0.2) is 9.78 Å². The summed E-state index contributed by atoms with van der Waals surface area (Å²) in [6, 6.07) is 9.08. The zero-order valence-electron chi connectivity index (χ0n) is 14.8. The first-order valence-corrected chi connectivity index (χ1v) is 8.46. The van der Waals surface area contributed by atoms with Crippen molar-refractivity contribution >= 4 is 6.09 Å². The molecule has 1 amide bonds. The second-order valence-electron chi connectivity index (χ2n) is 7.41. The first-order valence-electron chi connectivity index (χ1n) is 8.46. The van der Waals surface area contributed by atoms with Gasteiger partial charge in [-0.3, -0.25) is 4.90 Å². The molecule has 0 spiro atoms. The number of likely N-dealkylation sites (tertiary alicyclic amines) is 1. The highest BCUT2D eigenvalue weighted by molar-refractivity contribution is 5.68. The Morgan fingerprint density at radius 2 is 2.08 bits per heavy atom. The van der Waals surface area contributed by atoms with Gasteiger partial charge in [-0.15, -0.1) is 0 Å². The molecule has 1 fully saturated rings. The van der Waals surface area contributed by atoms with Gasteiger partial charge in [0.2, 0.25) is 5.89 Å². The van der Waals surface area contributed by atoms with Crippen LogP contribution in [0, 0.1) is 0 Å². The average Bonchev–Trinajstić information content (AvgIpc) is 3.19. The van der Waals surface area contributed by atoms with E-state index in [0.717, 1.165) is 11.3 Å². The quantitative estimate of drug-likeness (QED) is 0.923. The lowest BCUT2D eigenvalue weighted by Gasteiger charge is -2.21. The summed E-state index contributed by atoms with van der Waals surface area (Å²) in [6.07, 6.45) is 0.998. The van der Waals surface area contributed by atoms with Gasteiger partial charge in [-0.1, -0.05) is 51.1 Å². The topological polar surface area (TPSA) is 75.8 Å². The van der Waals surface area contributed by atoms with Crippen LogP contribution in [0.25, 0.3) is 0 Å². The molecule has 134 valence electrons. The zero-order valence-corrected chi connectivity index (χ0v) is 14.8. The van der Waals surface area contributed by atoms with Crippen LogP contribution in [-0.4, -0.2) is 33.7 Å². The van der Waals surface area contributed by atoms with E-state index >= 15 is 0 Å². The maximum atomic E-state index is 12.5. The molecule has 1 saturated heterocycles. The Morgan fingerprint density at radius 1 is 1.36 bits per heavy atom. The summed E-state index contributed by atoms with van der Waals surface area (Å²) in [5.74, 6) is 1.19. The first kappa shape index (κ1) is 17.5. The van der Waals surface area contributed by atoms with Crippen LogP contribution in [0.15, 0.2) is 40.9 Å². The molecular weight excluding hydrogens is 320 g/mol. The summed E-state index contributed by atoms with van der Waals surface area (Å²) in [7, 11) is 0. The number of amides is 1. The van der Waals surface area contributed by atoms with E-state index in [4.69, 9.17) is 9.15 Å². The Kier molecular flexibility index (Phi) is 4.81. The van der Waals surface area contributed by atoms with Crippen LogP contribution < -0.4 is 0 Å². The largest absolute Gasteiger partial charge is 0.445 e. The average molecular weight is 344 g/mol. The fourth-order valence-corrected chi connectivity index (χ4v) is 2.84. The summed E-state index contributed by atoms with van der Waals surface area (Å²) in [4.78, 5) is 18.3. The molecule has 1 aromatic carbocycles. The Morgan fingerprint density at radius 3 is 2.72 bits per heavy atom. The van der Waals surface area contributed by atoms with E-state index in [9.17, 15) is 9.90 Å². The number of aliphatic hydroxyl groups is 1. The number of hydrogen-bond donors (Lipinski definition) is 1. The van der Waals surface area contributed by atoms with Gasteiger partial charge in [-0.05, 0) is 5.56 Å². The zero-order chi connectivity index (χ0) is 18.0. The van der Waals surface area contributed by atoms with Crippen molar-refractivity contribution in [1.29, 1.82) is 0 Å². The lowest BCUT2D eigenvalue weighted by Crippen LogP contribution is -2.32. The fourth-order valence-electron chi connectivity index (χ4n) is 2.84. The van der Waals surface area contributed by atoms with Gasteiger partial charge >= 0.3 is 6.09 Å². The van der Waals surface area contributed by atoms with Crippen molar-refractivity contribution in [2.45, 2.75) is 51.4 Å². The third-order valence-electron chi connectivity index (χ3n) is 4.27. The standard InChI is InChI=1S/C19H24N2O4/c1-19(2,3)16-10-20-17(25-16)15-9-14(22)11-21(15)18(23)24-12-13-7-5-4-6-8-13/h4-8,10,14-15,22H,9,11-12H2,1-3H3. The van der Waals surface area contributed by atoms with Crippen molar-refractivity contribution in [1.82, 2.24) is 9.88 Å². The van der Waals surface area contributed by atoms with E-state index in [1.807, 2.05) is 51.1 Å². The van der Waals surface area contributed by atoms with E-state index in [2.05, 4.69) is 4.98 Å². The van der Waals surface area contributed by atoms with Crippen molar-refractivity contribution in [3.05, 3.63) is 53.7 Å². The summed E-state index contributed by atoms with van der Waals surface area (Å²) < 4.78 is 11.2. The minimum atomic E-state index is -0.612. The molecule has 0 aliphatic carbocycles. The fraction of sp³-hybridized carbons (Fsp3) is 0.474. The number of β-amino-alcohol motifs (C(OH)–C–C–N with tert-alkyl or cyclic N) is 1. The number of ether oxygens (including phenoxy) is 1. The molecule has 3 rings (SSSR count). The van der Waals surface area contributed by atoms with Gasteiger partial charge in [0, 0.05) is 11.8 Å². The van der Waals surface area contributed by atoms with Crippen molar-refractivity contribution in [2.75, 3.05) is 6.54 Å². The van der Waals surface area contributed by atoms with E-state index in [0.29, 0.717) is 12.3 Å². The van der Waals surface area contributed by atoms with Gasteiger partial charge < -0.3 is 14.3 Å². The first-order chi connectivity index (χ1) is 11.8. The normalized spacial score (nSPS) is 20.7. The van der Waals surface area contributed by atoms with Crippen molar-refractivity contribution in [2.24, 2.45) is 0 Å². The molecule has 6 heteroatoms. The molecule has 25 heavy (non-hydrogen) atoms. The van der Waals surface area contributed by atoms with Crippen LogP contribution in [0.5, 0.6) is 0 Å². The number of nitrogens with zero attached hydrogens (tertiary/aromatic N) is 2. The minimum absolute atomic E-state index is 0.166. The molecule has 1 aromatic heterocycles. The second-order valence-corrected chi connectivity index (χ2v) is 7.41. The van der Waals surface area contributed by atoms with Crippen molar-refractivity contribution in [3.8, 4) is 0 Å². The highest BCUT2D eigenvalue weighted by Gasteiger charge is 2.39. The molecule has 0 radical (unpaired) electrons. The SMILES string of the molecule is CC(C)(C)c1cnc(C2CC(O)CN2C(=O)OCc2ccccc2)o1. The Bertz CT molecular complexity index is 721. The summed E-state index contributed by atoms with van der Waals surface area (Å²) in [6.45, 7) is 6.51. The molecule has 0 saturated carbocycles. The van der Waals surface area contributed by atoms with Gasteiger partial charge in [-0.2, -0.15) is 0 Å². The monoisotopic (exact) mass is 344 g/mol. The predicted molar refractivity (Wildman–Crippen MR) is 91.9 cm³/mol. The smallest absolute Gasteiger partial charge is 0.410 e. The third kappa shape index (κ3) is 4.02. The van der Waals surface area contributed by atoms with Gasteiger partial charge in [0.25, 0.3) is 0 Å². The minimum Gasteiger partial charge on any atom is -0.445 e. The van der Waals surface area contributed by atoms with E-state index in [1.165, 1.54) is 4.90 Å². The number of carbonyl (C=O) groups excluding carboxylic acids is 1. The number of aromatic nitrogens is 1. The lowest BCUT2D eigenvalue weighted by atomic mass is 9.94. The highest BCUT2D eigenvalue weighted by atomic mass is 16.6. The number of aliphatic hydroxyl groups excluding tert-OH is 1. The summed E-state index contributed by atoms with van der Waals surface area (Å²) in [5, 5.41) is 10.0. The number of oxazole rings is 1. The molecular formula is C19H24N2O4. The van der Waals surface area contributed by atoms with Crippen LogP contribution in [0.1, 0.15) is 50.4 Å². The third-order valence-corrected chi connectivity index (χ3v) is 4.27. The molecule has 1 aliphatic rings. The predicted octanol–water partition coefficient (Wildman–Crippen LogP) is 3.42. The van der Waals surface area contributed by atoms with Crippen LogP contribution in [0.2, 0.25) is 0 Å². The number of carbonyl (C=O) groups is 1. The summed E-state index contributed by atoms with van der Waals surface area (Å²) in [5.41, 5.74) is 0.750. The van der Waals surface area contributed by atoms with E-state index in [-0.39, 0.29) is 18.6 Å². The highest BCUT2D eigenvalue weighted by Crippen LogP contribution is 2.34. The Hall–Kier alpha value is -2.34. The molecule has 6 nitrogen and oxygen atoms in total. The van der Waals surface area contributed by atoms with E-state index in [1.54, 1.807) is 6.20 Å². The second kappa shape index (κ2) is 6.88. The van der Waals surface area contributed by atoms with E-state index < -0.39 is 18.2 Å². The number of benzene rings is 1. The maximum Gasteiger partial charge on any atom is 0.410 e. The summed E-state index contributed by atoms with van der Waals surface area (Å²) >= 11 is 0. The number of hydrogen-bond acceptors (Lipinski definition) is 5. The molecule has 0 bridgehead atoms. The molecule has 1 N–H and O–H groups in total. The Balaban J connectivity index is 1.71. The van der Waals surface area contributed by atoms with Crippen LogP contribution in [0.3, 0.4) is 0 Å². The van der Waals surface area contributed by atoms with Crippen molar-refractivity contribution in [3.63, 3.8) is 0 Å². The molecule has 2 heterocycles. The van der Waals surface area contributed by atoms with Gasteiger partial charge in [0.1, 0.15) is 18.4 Å². The van der Waals surface area contributed by atoms with Gasteiger partial charge in [0.05, 0.1) is 18.8 Å². The lowest BCUT2D eigenvalue weighted by molar-refractivity contribution is 0.0838. The molecule has 2 atom stereocenters. The van der Waals surface area contributed by atoms with Crippen molar-refractivity contribution < 1.29 is 19.1 Å². The molecule has 2 unspecified atom stereocenters.